The zero-order valence-corrected chi connectivity index (χ0v) is 12.1. The van der Waals surface area contributed by atoms with Gasteiger partial charge in [-0.2, -0.15) is 0 Å². The van der Waals surface area contributed by atoms with E-state index in [1.165, 1.54) is 12.0 Å². The first-order valence-electron chi connectivity index (χ1n) is 6.66. The minimum atomic E-state index is 0.966. The average Bonchev–Trinajstić information content (AvgIpc) is 2.37. The van der Waals surface area contributed by atoms with Crippen molar-refractivity contribution >= 4 is 5.82 Å². The van der Waals surface area contributed by atoms with Crippen LogP contribution < -0.4 is 5.32 Å². The fourth-order valence-electron chi connectivity index (χ4n) is 1.99. The molecule has 1 aromatic heterocycles. The minimum Gasteiger partial charge on any atom is -0.373 e. The molecule has 102 valence electrons. The first kappa shape index (κ1) is 14.9. The second-order valence-electron chi connectivity index (χ2n) is 4.79. The molecular weight excluding hydrogens is 224 g/mol. The smallest absolute Gasteiger partial charge is 0.130 e. The highest BCUT2D eigenvalue weighted by atomic mass is 15.1. The van der Waals surface area contributed by atoms with Crippen LogP contribution in [0.1, 0.15) is 18.9 Å². The van der Waals surface area contributed by atoms with Crippen molar-refractivity contribution in [2.75, 3.05) is 46.1 Å². The molecule has 0 saturated carbocycles. The molecule has 0 aliphatic rings. The van der Waals surface area contributed by atoms with Crippen LogP contribution in [0.5, 0.6) is 0 Å². The van der Waals surface area contributed by atoms with Crippen LogP contribution in [0.25, 0.3) is 0 Å². The van der Waals surface area contributed by atoms with Crippen molar-refractivity contribution in [1.82, 2.24) is 14.8 Å². The topological polar surface area (TPSA) is 31.4 Å². The van der Waals surface area contributed by atoms with Gasteiger partial charge < -0.3 is 10.2 Å². The van der Waals surface area contributed by atoms with E-state index in [0.29, 0.717) is 0 Å². The first-order chi connectivity index (χ1) is 8.67. The summed E-state index contributed by atoms with van der Waals surface area (Å²) in [7, 11) is 6.17. The average molecular weight is 250 g/mol. The fourth-order valence-corrected chi connectivity index (χ4v) is 1.99. The Morgan fingerprint density at radius 2 is 2.06 bits per heavy atom. The molecule has 18 heavy (non-hydrogen) atoms. The van der Waals surface area contributed by atoms with Gasteiger partial charge in [0.25, 0.3) is 0 Å². The quantitative estimate of drug-likeness (QED) is 0.763. The molecule has 1 heterocycles. The van der Waals surface area contributed by atoms with Gasteiger partial charge in [-0.1, -0.05) is 13.0 Å². The standard InChI is InChI=1S/C14H26N4/c1-5-18(11-7-10-17(3)4)12-13-8-6-9-16-14(13)15-2/h6,8-9H,5,7,10-12H2,1-4H3,(H,15,16). The van der Waals surface area contributed by atoms with Crippen LogP contribution in [0.3, 0.4) is 0 Å². The van der Waals surface area contributed by atoms with Crippen LogP contribution >= 0.6 is 0 Å². The van der Waals surface area contributed by atoms with Crippen molar-refractivity contribution in [2.24, 2.45) is 0 Å². The van der Waals surface area contributed by atoms with Gasteiger partial charge in [-0.3, -0.25) is 4.90 Å². The molecule has 0 aliphatic heterocycles. The van der Waals surface area contributed by atoms with E-state index in [4.69, 9.17) is 0 Å². The van der Waals surface area contributed by atoms with E-state index in [0.717, 1.165) is 32.0 Å². The predicted octanol–water partition coefficient (Wildman–Crippen LogP) is 1.90. The molecule has 0 unspecified atom stereocenters. The Bertz CT molecular complexity index is 338. The lowest BCUT2D eigenvalue weighted by Gasteiger charge is -2.22. The molecule has 0 radical (unpaired) electrons. The molecule has 0 atom stereocenters. The lowest BCUT2D eigenvalue weighted by molar-refractivity contribution is 0.259. The highest BCUT2D eigenvalue weighted by molar-refractivity contribution is 5.42. The summed E-state index contributed by atoms with van der Waals surface area (Å²) in [6.07, 6.45) is 3.04. The molecule has 1 N–H and O–H groups in total. The van der Waals surface area contributed by atoms with Crippen LogP contribution in [0.4, 0.5) is 5.82 Å². The zero-order valence-electron chi connectivity index (χ0n) is 12.1. The molecule has 0 aliphatic carbocycles. The van der Waals surface area contributed by atoms with Crippen molar-refractivity contribution < 1.29 is 0 Å². The van der Waals surface area contributed by atoms with E-state index in [1.54, 1.807) is 0 Å². The number of anilines is 1. The number of rotatable bonds is 8. The van der Waals surface area contributed by atoms with Crippen LogP contribution in [0.15, 0.2) is 18.3 Å². The lowest BCUT2D eigenvalue weighted by atomic mass is 10.2. The molecule has 1 rings (SSSR count). The van der Waals surface area contributed by atoms with Gasteiger partial charge >= 0.3 is 0 Å². The molecule has 0 bridgehead atoms. The summed E-state index contributed by atoms with van der Waals surface area (Å²) in [6.45, 7) is 6.53. The molecule has 0 spiro atoms. The third kappa shape index (κ3) is 5.02. The normalized spacial score (nSPS) is 11.2. The van der Waals surface area contributed by atoms with Gasteiger partial charge in [0.2, 0.25) is 0 Å². The number of nitrogens with one attached hydrogen (secondary N) is 1. The Hall–Kier alpha value is -1.13. The van der Waals surface area contributed by atoms with Gasteiger partial charge in [0.1, 0.15) is 5.82 Å². The number of aromatic nitrogens is 1. The highest BCUT2D eigenvalue weighted by Gasteiger charge is 2.07. The highest BCUT2D eigenvalue weighted by Crippen LogP contribution is 2.13. The van der Waals surface area contributed by atoms with E-state index in [-0.39, 0.29) is 0 Å². The van der Waals surface area contributed by atoms with E-state index in [9.17, 15) is 0 Å². The van der Waals surface area contributed by atoms with E-state index in [1.807, 2.05) is 19.3 Å². The largest absolute Gasteiger partial charge is 0.373 e. The molecule has 4 heteroatoms. The maximum absolute atomic E-state index is 4.35. The maximum atomic E-state index is 4.35. The molecular formula is C14H26N4. The van der Waals surface area contributed by atoms with Crippen LogP contribution in [-0.2, 0) is 6.54 Å². The van der Waals surface area contributed by atoms with Crippen molar-refractivity contribution in [3.8, 4) is 0 Å². The summed E-state index contributed by atoms with van der Waals surface area (Å²) >= 11 is 0. The van der Waals surface area contributed by atoms with Crippen LogP contribution in [-0.4, -0.2) is 55.6 Å². The summed E-state index contributed by atoms with van der Waals surface area (Å²) < 4.78 is 0. The molecule has 0 amide bonds. The van der Waals surface area contributed by atoms with E-state index < -0.39 is 0 Å². The van der Waals surface area contributed by atoms with Crippen LogP contribution in [0, 0.1) is 0 Å². The van der Waals surface area contributed by atoms with Crippen molar-refractivity contribution in [1.29, 1.82) is 0 Å². The second kappa shape index (κ2) is 8.06. The molecule has 0 aromatic carbocycles. The number of nitrogens with zero attached hydrogens (tertiary/aromatic N) is 3. The summed E-state index contributed by atoms with van der Waals surface area (Å²) in [5.41, 5.74) is 1.27. The van der Waals surface area contributed by atoms with Gasteiger partial charge in [0.05, 0.1) is 0 Å². The molecule has 0 fully saturated rings. The van der Waals surface area contributed by atoms with Crippen LogP contribution in [0.2, 0.25) is 0 Å². The van der Waals surface area contributed by atoms with Gasteiger partial charge in [0, 0.05) is 25.4 Å². The number of hydrogen-bond donors (Lipinski definition) is 1. The van der Waals surface area contributed by atoms with Gasteiger partial charge in [-0.25, -0.2) is 4.98 Å². The number of pyridine rings is 1. The SMILES string of the molecule is CCN(CCCN(C)C)Cc1cccnc1NC. The second-order valence-corrected chi connectivity index (χ2v) is 4.79. The summed E-state index contributed by atoms with van der Waals surface area (Å²) in [5, 5.41) is 3.15. The van der Waals surface area contributed by atoms with Gasteiger partial charge in [-0.15, -0.1) is 0 Å². The lowest BCUT2D eigenvalue weighted by Crippen LogP contribution is -2.27. The molecule has 0 saturated heterocycles. The Balaban J connectivity index is 2.51. The van der Waals surface area contributed by atoms with Crippen molar-refractivity contribution in [2.45, 2.75) is 19.9 Å². The van der Waals surface area contributed by atoms with E-state index >= 15 is 0 Å². The zero-order chi connectivity index (χ0) is 13.4. The van der Waals surface area contributed by atoms with Crippen molar-refractivity contribution in [3.63, 3.8) is 0 Å². The van der Waals surface area contributed by atoms with Gasteiger partial charge in [0.15, 0.2) is 0 Å². The Kier molecular flexibility index (Phi) is 6.68. The summed E-state index contributed by atoms with van der Waals surface area (Å²) in [6, 6.07) is 4.15. The number of hydrogen-bond acceptors (Lipinski definition) is 4. The summed E-state index contributed by atoms with van der Waals surface area (Å²) in [4.78, 5) is 9.04. The predicted molar refractivity (Wildman–Crippen MR) is 77.9 cm³/mol. The third-order valence-electron chi connectivity index (χ3n) is 3.05. The molecule has 4 nitrogen and oxygen atoms in total. The van der Waals surface area contributed by atoms with E-state index in [2.05, 4.69) is 47.2 Å². The Morgan fingerprint density at radius 1 is 1.28 bits per heavy atom. The van der Waals surface area contributed by atoms with Crippen molar-refractivity contribution in [3.05, 3.63) is 23.9 Å². The monoisotopic (exact) mass is 250 g/mol. The van der Waals surface area contributed by atoms with Gasteiger partial charge in [-0.05, 0) is 46.2 Å². The Morgan fingerprint density at radius 3 is 2.67 bits per heavy atom. The summed E-state index contributed by atoms with van der Waals surface area (Å²) in [5.74, 6) is 0.989. The third-order valence-corrected chi connectivity index (χ3v) is 3.05. The fraction of sp³-hybridized carbons (Fsp3) is 0.643. The molecule has 1 aromatic rings. The first-order valence-corrected chi connectivity index (χ1v) is 6.66. The maximum Gasteiger partial charge on any atom is 0.130 e. The Labute approximate surface area is 111 Å². The minimum absolute atomic E-state index is 0.966.